The number of fused-ring (bicyclic) bond motifs is 1. The third-order valence-corrected chi connectivity index (χ3v) is 9.30. The first-order valence-corrected chi connectivity index (χ1v) is 14.1. The van der Waals surface area contributed by atoms with Gasteiger partial charge in [0.2, 0.25) is 0 Å². The molecule has 5 rings (SSSR count). The zero-order chi connectivity index (χ0) is 27.0. The Morgan fingerprint density at radius 3 is 2.64 bits per heavy atom. The molecule has 0 spiro atoms. The minimum absolute atomic E-state index is 0. The van der Waals surface area contributed by atoms with E-state index in [1.807, 2.05) is 59.3 Å². The molecular weight excluding hydrogens is 591 g/mol. The number of methoxy groups -OCH3 is 1. The van der Waals surface area contributed by atoms with Crippen LogP contribution in [0, 0.1) is 0 Å². The molecule has 13 heteroatoms. The van der Waals surface area contributed by atoms with Crippen LogP contribution in [0.1, 0.15) is 17.5 Å². The van der Waals surface area contributed by atoms with Crippen molar-refractivity contribution in [1.29, 1.82) is 0 Å². The molecular formula is C26H23ClF3N3O3S3. The summed E-state index contributed by atoms with van der Waals surface area (Å²) in [5, 5.41) is 3.51. The first-order chi connectivity index (χ1) is 18.2. The maximum Gasteiger partial charge on any atom is 0.573 e. The van der Waals surface area contributed by atoms with Crippen LogP contribution in [0.5, 0.6) is 11.5 Å². The zero-order valence-corrected chi connectivity index (χ0v) is 24.2. The fourth-order valence-electron chi connectivity index (χ4n) is 4.13. The number of hydrogen-bond donors (Lipinski definition) is 0. The molecule has 6 nitrogen and oxygen atoms in total. The highest BCUT2D eigenvalue weighted by molar-refractivity contribution is 8.08. The predicted octanol–water partition coefficient (Wildman–Crippen LogP) is 1.37. The number of ether oxygens (including phenoxy) is 2. The van der Waals surface area contributed by atoms with E-state index in [1.54, 1.807) is 35.6 Å². The normalized spacial score (nSPS) is 14.8. The van der Waals surface area contributed by atoms with Crippen LogP contribution in [0.4, 0.5) is 18.9 Å². The van der Waals surface area contributed by atoms with Crippen molar-refractivity contribution < 1.29 is 39.6 Å². The van der Waals surface area contributed by atoms with Crippen molar-refractivity contribution in [1.82, 2.24) is 4.57 Å². The van der Waals surface area contributed by atoms with Gasteiger partial charge in [0.25, 0.3) is 10.6 Å². The van der Waals surface area contributed by atoms with E-state index in [2.05, 4.69) is 4.74 Å². The van der Waals surface area contributed by atoms with Gasteiger partial charge in [0, 0.05) is 24.6 Å². The molecule has 0 amide bonds. The molecule has 0 saturated carbocycles. The summed E-state index contributed by atoms with van der Waals surface area (Å²) in [7, 11) is 3.55. The van der Waals surface area contributed by atoms with Crippen LogP contribution in [0.3, 0.4) is 0 Å². The predicted molar refractivity (Wildman–Crippen MR) is 144 cm³/mol. The van der Waals surface area contributed by atoms with Gasteiger partial charge in [-0.3, -0.25) is 9.36 Å². The molecule has 0 radical (unpaired) electrons. The summed E-state index contributed by atoms with van der Waals surface area (Å²) in [5.41, 5.74) is 1.29. The maximum atomic E-state index is 13.5. The van der Waals surface area contributed by atoms with Crippen LogP contribution >= 0.6 is 34.4 Å². The average molecular weight is 614 g/mol. The van der Waals surface area contributed by atoms with Crippen LogP contribution in [0.15, 0.2) is 63.7 Å². The Hall–Kier alpha value is -2.93. The van der Waals surface area contributed by atoms with Crippen molar-refractivity contribution in [2.24, 2.45) is 0 Å². The Labute approximate surface area is 240 Å². The van der Waals surface area contributed by atoms with Crippen LogP contribution in [-0.2, 0) is 13.1 Å². The molecule has 0 saturated heterocycles. The molecule has 0 unspecified atom stereocenters. The molecule has 39 heavy (non-hydrogen) atoms. The summed E-state index contributed by atoms with van der Waals surface area (Å²) >= 11 is 4.39. The molecule has 206 valence electrons. The molecule has 2 aromatic carbocycles. The molecule has 1 aliphatic heterocycles. The standard InChI is InChI=1S/C26H23F3N3O3S3.ClH/c1-4-32-22(38-23(24(32)33)25-30(2)18-13-17(34-3)9-10-20(18)37-25)14-21-31(11-12-36-21)15-16-7-5-6-8-19(16)35-26(27,28)29;/h5-14H,4,15H2,1-3H3;1H/q+1;/p-1/b25-23+;. The van der Waals surface area contributed by atoms with Gasteiger partial charge < -0.3 is 26.8 Å². The Bertz CT molecular complexity index is 1680. The van der Waals surface area contributed by atoms with Gasteiger partial charge >= 0.3 is 6.36 Å². The highest BCUT2D eigenvalue weighted by atomic mass is 35.5. The number of halogens is 4. The topological polar surface area (TPSA) is 47.6 Å². The maximum absolute atomic E-state index is 13.5. The second-order valence-corrected chi connectivity index (χ2v) is 11.3. The van der Waals surface area contributed by atoms with E-state index in [4.69, 9.17) is 4.74 Å². The van der Waals surface area contributed by atoms with Crippen LogP contribution in [0.25, 0.3) is 11.1 Å². The molecule has 0 fully saturated rings. The quantitative estimate of drug-likeness (QED) is 0.308. The minimum Gasteiger partial charge on any atom is -1.00 e. The number of benzene rings is 2. The Balaban J connectivity index is 0.00000353. The molecule has 2 aromatic heterocycles. The summed E-state index contributed by atoms with van der Waals surface area (Å²) in [4.78, 5) is 16.5. The Kier molecular flexibility index (Phi) is 8.69. The van der Waals surface area contributed by atoms with Gasteiger partial charge in [0.05, 0.1) is 29.8 Å². The molecule has 0 atom stereocenters. The SMILES string of the molecule is CCn1c(=O)/c(=C2\Sc3ccc(OC)cc3N2C)s/c1=C\c1scc[n+]1Cc1ccccc1OC(F)(F)F.[Cl-]. The number of nitrogens with zero attached hydrogens (tertiary/aromatic N) is 3. The van der Waals surface area contributed by atoms with E-state index in [1.165, 1.54) is 34.8 Å². The first kappa shape index (κ1) is 29.1. The number of thioether (sulfide) groups is 1. The van der Waals surface area contributed by atoms with Gasteiger partial charge in [-0.1, -0.05) is 35.2 Å². The zero-order valence-electron chi connectivity index (χ0n) is 21.0. The molecule has 3 heterocycles. The third kappa shape index (κ3) is 5.98. The number of aromatic nitrogens is 2. The number of alkyl halides is 3. The lowest BCUT2D eigenvalue weighted by Gasteiger charge is -2.13. The van der Waals surface area contributed by atoms with Crippen LogP contribution in [0.2, 0.25) is 0 Å². The summed E-state index contributed by atoms with van der Waals surface area (Å²) in [6.07, 6.45) is -1.06. The monoisotopic (exact) mass is 613 g/mol. The molecule has 0 N–H and O–H groups in total. The van der Waals surface area contributed by atoms with Crippen LogP contribution in [-0.4, -0.2) is 25.1 Å². The van der Waals surface area contributed by atoms with Crippen molar-refractivity contribution in [3.05, 3.63) is 84.2 Å². The van der Waals surface area contributed by atoms with E-state index in [0.717, 1.165) is 31.0 Å². The van der Waals surface area contributed by atoms with Gasteiger partial charge in [0.1, 0.15) is 25.7 Å². The largest absolute Gasteiger partial charge is 1.00 e. The van der Waals surface area contributed by atoms with Gasteiger partial charge in [-0.15, -0.1) is 24.5 Å². The van der Waals surface area contributed by atoms with Gasteiger partial charge in [-0.25, -0.2) is 0 Å². The van der Waals surface area contributed by atoms with Crippen LogP contribution < -0.4 is 46.1 Å². The number of rotatable bonds is 6. The second-order valence-electron chi connectivity index (χ2n) is 8.29. The van der Waals surface area contributed by atoms with Gasteiger partial charge in [-0.2, -0.15) is 4.57 Å². The highest BCUT2D eigenvalue weighted by Crippen LogP contribution is 2.46. The van der Waals surface area contributed by atoms with E-state index >= 15 is 0 Å². The minimum atomic E-state index is -4.77. The fraction of sp³-hybridized carbons (Fsp3) is 0.231. The molecule has 0 bridgehead atoms. The van der Waals surface area contributed by atoms with Crippen molar-refractivity contribution in [3.63, 3.8) is 0 Å². The highest BCUT2D eigenvalue weighted by Gasteiger charge is 2.32. The Morgan fingerprint density at radius 2 is 1.92 bits per heavy atom. The molecule has 1 aliphatic rings. The lowest BCUT2D eigenvalue weighted by Crippen LogP contribution is -3.00. The van der Waals surface area contributed by atoms with E-state index in [-0.39, 0.29) is 30.3 Å². The lowest BCUT2D eigenvalue weighted by molar-refractivity contribution is -0.685. The lowest BCUT2D eigenvalue weighted by atomic mass is 10.2. The van der Waals surface area contributed by atoms with Crippen molar-refractivity contribution in [2.75, 3.05) is 19.1 Å². The summed E-state index contributed by atoms with van der Waals surface area (Å²) in [6, 6.07) is 11.9. The molecule has 4 aromatic rings. The number of anilines is 1. The summed E-state index contributed by atoms with van der Waals surface area (Å²) in [6.45, 7) is 2.58. The van der Waals surface area contributed by atoms with E-state index in [9.17, 15) is 18.0 Å². The number of hydrogen-bond acceptors (Lipinski definition) is 7. The third-order valence-electron chi connectivity index (χ3n) is 5.96. The van der Waals surface area contributed by atoms with Crippen molar-refractivity contribution >= 4 is 51.2 Å². The van der Waals surface area contributed by atoms with E-state index < -0.39 is 6.36 Å². The fourth-order valence-corrected chi connectivity index (χ4v) is 7.43. The Morgan fingerprint density at radius 1 is 1.15 bits per heavy atom. The van der Waals surface area contributed by atoms with Gasteiger partial charge in [0.15, 0.2) is 12.7 Å². The van der Waals surface area contributed by atoms with Crippen molar-refractivity contribution in [2.45, 2.75) is 31.3 Å². The molecule has 0 aliphatic carbocycles. The summed E-state index contributed by atoms with van der Waals surface area (Å²) in [5.74, 6) is 0.510. The van der Waals surface area contributed by atoms with Gasteiger partial charge in [-0.05, 0) is 31.2 Å². The van der Waals surface area contributed by atoms with E-state index in [0.29, 0.717) is 16.6 Å². The summed E-state index contributed by atoms with van der Waals surface area (Å²) < 4.78 is 53.2. The first-order valence-electron chi connectivity index (χ1n) is 11.5. The smallest absolute Gasteiger partial charge is 0.573 e. The second kappa shape index (κ2) is 11.7. The number of para-hydroxylation sites is 1. The number of thiazole rings is 2. The van der Waals surface area contributed by atoms with Crippen molar-refractivity contribution in [3.8, 4) is 11.5 Å². The average Bonchev–Trinajstić information content (AvgIpc) is 3.55.